The maximum Gasteiger partial charge on any atom is 0.430 e. The zero-order valence-corrected chi connectivity index (χ0v) is 17.5. The quantitative estimate of drug-likeness (QED) is 0.627. The van der Waals surface area contributed by atoms with Crippen LogP contribution < -0.4 is 16.4 Å². The fourth-order valence-corrected chi connectivity index (χ4v) is 3.55. The molecular weight excluding hydrogens is 429 g/mol. The van der Waals surface area contributed by atoms with Gasteiger partial charge < -0.3 is 26.4 Å². The molecule has 0 bridgehead atoms. The summed E-state index contributed by atoms with van der Waals surface area (Å²) >= 11 is 0. The van der Waals surface area contributed by atoms with E-state index >= 15 is 0 Å². The summed E-state index contributed by atoms with van der Waals surface area (Å²) in [4.78, 5) is 35.2. The van der Waals surface area contributed by atoms with Crippen LogP contribution >= 0.6 is 0 Å². The zero-order valence-electron chi connectivity index (χ0n) is 17.5. The van der Waals surface area contributed by atoms with Gasteiger partial charge in [0.1, 0.15) is 0 Å². The molecule has 1 saturated heterocycles. The minimum atomic E-state index is -5.32. The fraction of sp³-hybridized carbons (Fsp3) is 0.400. The second kappa shape index (κ2) is 8.26. The van der Waals surface area contributed by atoms with Crippen LogP contribution in [0.5, 0.6) is 0 Å². The van der Waals surface area contributed by atoms with Crippen molar-refractivity contribution in [1.29, 1.82) is 0 Å². The topological polar surface area (TPSA) is 139 Å². The van der Waals surface area contributed by atoms with Crippen LogP contribution in [0.4, 0.5) is 24.8 Å². The number of hydrogen-bond acceptors (Lipinski definition) is 7. The zero-order chi connectivity index (χ0) is 23.8. The molecule has 2 aromatic rings. The summed E-state index contributed by atoms with van der Waals surface area (Å²) in [5.41, 5.74) is 7.26. The summed E-state index contributed by atoms with van der Waals surface area (Å²) in [6.07, 6.45) is -4.02. The van der Waals surface area contributed by atoms with Crippen molar-refractivity contribution in [1.82, 2.24) is 14.9 Å². The van der Waals surface area contributed by atoms with E-state index in [9.17, 15) is 27.9 Å². The van der Waals surface area contributed by atoms with E-state index in [0.717, 1.165) is 12.1 Å². The van der Waals surface area contributed by atoms with Crippen LogP contribution in [0.2, 0.25) is 0 Å². The van der Waals surface area contributed by atoms with Crippen LogP contribution in [0.15, 0.2) is 24.4 Å². The molecule has 32 heavy (non-hydrogen) atoms. The lowest BCUT2D eigenvalue weighted by molar-refractivity contribution is -0.255. The van der Waals surface area contributed by atoms with Gasteiger partial charge in [0.15, 0.2) is 11.6 Å². The van der Waals surface area contributed by atoms with Crippen molar-refractivity contribution >= 4 is 23.5 Å². The lowest BCUT2D eigenvalue weighted by atomic mass is 9.89. The molecule has 2 amide bonds. The van der Waals surface area contributed by atoms with Gasteiger partial charge in [-0.3, -0.25) is 9.59 Å². The molecule has 1 fully saturated rings. The second-order valence-electron chi connectivity index (χ2n) is 7.56. The number of piperazine rings is 1. The molecule has 1 aliphatic rings. The van der Waals surface area contributed by atoms with Crippen molar-refractivity contribution < 1.29 is 27.9 Å². The fourth-order valence-electron chi connectivity index (χ4n) is 3.55. The molecule has 12 heteroatoms. The Labute approximate surface area is 181 Å². The highest BCUT2D eigenvalue weighted by Gasteiger charge is 2.60. The number of amides is 2. The van der Waals surface area contributed by atoms with Crippen LogP contribution in [-0.4, -0.2) is 64.1 Å². The van der Waals surface area contributed by atoms with E-state index in [1.807, 2.05) is 4.90 Å². The molecule has 172 valence electrons. The normalized spacial score (nSPS) is 16.6. The first kappa shape index (κ1) is 23.3. The van der Waals surface area contributed by atoms with Crippen LogP contribution in [-0.2, 0) is 15.2 Å². The SMILES string of the molecule is CC(=O)N1CCN(c2nc(-c3cc(C(O)(C(N)=O)C(F)(F)F)ccc3C)cnc2N)CC1. The van der Waals surface area contributed by atoms with Gasteiger partial charge in [-0.2, -0.15) is 13.2 Å². The van der Waals surface area contributed by atoms with Gasteiger partial charge in [-0.25, -0.2) is 9.97 Å². The maximum absolute atomic E-state index is 13.5. The minimum absolute atomic E-state index is 0.0449. The van der Waals surface area contributed by atoms with Crippen LogP contribution in [0.25, 0.3) is 11.3 Å². The number of carbonyl (C=O) groups is 2. The summed E-state index contributed by atoms with van der Waals surface area (Å²) < 4.78 is 40.5. The monoisotopic (exact) mass is 452 g/mol. The van der Waals surface area contributed by atoms with Crippen molar-refractivity contribution in [3.63, 3.8) is 0 Å². The van der Waals surface area contributed by atoms with Gasteiger partial charge in [0.05, 0.1) is 11.9 Å². The highest BCUT2D eigenvalue weighted by Crippen LogP contribution is 2.40. The third-order valence-corrected chi connectivity index (χ3v) is 5.50. The largest absolute Gasteiger partial charge is 0.430 e. The summed E-state index contributed by atoms with van der Waals surface area (Å²) in [5, 5.41) is 10.1. The first-order valence-corrected chi connectivity index (χ1v) is 9.69. The third kappa shape index (κ3) is 4.05. The maximum atomic E-state index is 13.5. The highest BCUT2D eigenvalue weighted by molar-refractivity contribution is 5.86. The lowest BCUT2D eigenvalue weighted by Gasteiger charge is -2.35. The minimum Gasteiger partial charge on any atom is -0.381 e. The molecule has 1 atom stereocenters. The van der Waals surface area contributed by atoms with Gasteiger partial charge >= 0.3 is 6.18 Å². The van der Waals surface area contributed by atoms with E-state index in [0.29, 0.717) is 37.6 Å². The number of aliphatic hydroxyl groups is 1. The van der Waals surface area contributed by atoms with Gasteiger partial charge in [-0.1, -0.05) is 12.1 Å². The van der Waals surface area contributed by atoms with Gasteiger partial charge in [-0.15, -0.1) is 0 Å². The summed E-state index contributed by atoms with van der Waals surface area (Å²) in [6.45, 7) is 4.96. The molecule has 1 unspecified atom stereocenters. The number of benzene rings is 1. The first-order chi connectivity index (χ1) is 14.9. The molecule has 0 aliphatic carbocycles. The number of aromatic nitrogens is 2. The van der Waals surface area contributed by atoms with Gasteiger partial charge in [0.2, 0.25) is 5.91 Å². The highest BCUT2D eigenvalue weighted by atomic mass is 19.4. The molecule has 1 aromatic carbocycles. The van der Waals surface area contributed by atoms with Crippen molar-refractivity contribution in [2.75, 3.05) is 36.8 Å². The average Bonchev–Trinajstić information content (AvgIpc) is 2.73. The number of halogens is 3. The Balaban J connectivity index is 2.02. The smallest absolute Gasteiger partial charge is 0.381 e. The average molecular weight is 452 g/mol. The standard InChI is InChI=1S/C20H23F3N6O3/c1-11-3-4-13(19(32,18(25)31)20(21,22)23)9-14(11)15-10-26-16(24)17(27-15)29-7-5-28(6-8-29)12(2)30/h3-4,9-10,32H,5-8H2,1-2H3,(H2,24,26)(H2,25,31). The van der Waals surface area contributed by atoms with E-state index < -0.39 is 23.2 Å². The van der Waals surface area contributed by atoms with E-state index in [1.54, 1.807) is 11.8 Å². The predicted octanol–water partition coefficient (Wildman–Crippen LogP) is 0.938. The number of hydrogen-bond donors (Lipinski definition) is 3. The third-order valence-electron chi connectivity index (χ3n) is 5.50. The Morgan fingerprint density at radius 2 is 1.78 bits per heavy atom. The molecule has 0 saturated carbocycles. The van der Waals surface area contributed by atoms with E-state index in [4.69, 9.17) is 11.5 Å². The molecular formula is C20H23F3N6O3. The van der Waals surface area contributed by atoms with Crippen molar-refractivity contribution in [3.8, 4) is 11.3 Å². The predicted molar refractivity (Wildman–Crippen MR) is 110 cm³/mol. The molecule has 0 radical (unpaired) electrons. The van der Waals surface area contributed by atoms with Crippen molar-refractivity contribution in [2.24, 2.45) is 5.73 Å². The van der Waals surface area contributed by atoms with Gasteiger partial charge in [0, 0.05) is 44.2 Å². The second-order valence-corrected chi connectivity index (χ2v) is 7.56. The Morgan fingerprint density at radius 3 is 2.31 bits per heavy atom. The number of aryl methyl sites for hydroxylation is 1. The van der Waals surface area contributed by atoms with E-state index in [1.165, 1.54) is 19.2 Å². The Morgan fingerprint density at radius 1 is 1.16 bits per heavy atom. The molecule has 1 aromatic heterocycles. The number of nitrogen functional groups attached to an aromatic ring is 1. The molecule has 0 spiro atoms. The lowest BCUT2D eigenvalue weighted by Crippen LogP contribution is -2.52. The first-order valence-electron chi connectivity index (χ1n) is 9.69. The molecule has 9 nitrogen and oxygen atoms in total. The summed E-state index contributed by atoms with van der Waals surface area (Å²) in [6, 6.07) is 3.34. The summed E-state index contributed by atoms with van der Waals surface area (Å²) in [7, 11) is 0. The Kier molecular flexibility index (Phi) is 6.00. The van der Waals surface area contributed by atoms with Gasteiger partial charge in [0.25, 0.3) is 11.5 Å². The molecule has 5 N–H and O–H groups in total. The van der Waals surface area contributed by atoms with E-state index in [2.05, 4.69) is 9.97 Å². The molecule has 3 rings (SSSR count). The van der Waals surface area contributed by atoms with E-state index in [-0.39, 0.29) is 23.0 Å². The number of primary amides is 1. The van der Waals surface area contributed by atoms with Crippen molar-refractivity contribution in [2.45, 2.75) is 25.6 Å². The summed E-state index contributed by atoms with van der Waals surface area (Å²) in [5.74, 6) is -1.53. The van der Waals surface area contributed by atoms with Crippen molar-refractivity contribution in [3.05, 3.63) is 35.5 Å². The number of carbonyl (C=O) groups excluding carboxylic acids is 2. The van der Waals surface area contributed by atoms with Crippen LogP contribution in [0, 0.1) is 6.92 Å². The number of nitrogens with zero attached hydrogens (tertiary/aromatic N) is 4. The molecule has 2 heterocycles. The number of anilines is 2. The number of alkyl halides is 3. The Hall–Kier alpha value is -3.41. The number of nitrogens with two attached hydrogens (primary N) is 2. The van der Waals surface area contributed by atoms with Crippen LogP contribution in [0.1, 0.15) is 18.1 Å². The number of rotatable bonds is 4. The molecule has 1 aliphatic heterocycles. The Bertz CT molecular complexity index is 1050. The van der Waals surface area contributed by atoms with Gasteiger partial charge in [-0.05, 0) is 18.6 Å². The van der Waals surface area contributed by atoms with Crippen LogP contribution in [0.3, 0.4) is 0 Å².